The molecule has 1 aromatic heterocycles. The second kappa shape index (κ2) is 10.5. The summed E-state index contributed by atoms with van der Waals surface area (Å²) in [5, 5.41) is 7.20. The maximum atomic E-state index is 13.3. The van der Waals surface area contributed by atoms with Crippen molar-refractivity contribution in [3.05, 3.63) is 88.4 Å². The summed E-state index contributed by atoms with van der Waals surface area (Å²) in [6, 6.07) is 18.7. The number of aromatic nitrogens is 3. The molecule has 0 spiro atoms. The molecule has 0 saturated heterocycles. The molecule has 0 aliphatic rings. The number of anilines is 1. The third kappa shape index (κ3) is 6.12. The average molecular weight is 559 g/mol. The summed E-state index contributed by atoms with van der Waals surface area (Å²) < 4.78 is 47.8. The lowest BCUT2D eigenvalue weighted by molar-refractivity contribution is -0.137. The van der Waals surface area contributed by atoms with E-state index in [0.29, 0.717) is 23.5 Å². The maximum Gasteiger partial charge on any atom is 0.416 e. The van der Waals surface area contributed by atoms with Crippen LogP contribution in [0.1, 0.15) is 29.8 Å². The van der Waals surface area contributed by atoms with Crippen molar-refractivity contribution in [3.8, 4) is 23.1 Å². The van der Waals surface area contributed by atoms with Gasteiger partial charge in [0.25, 0.3) is 5.91 Å². The fourth-order valence-electron chi connectivity index (χ4n) is 3.32. The highest BCUT2D eigenvalue weighted by molar-refractivity contribution is 9.10. The van der Waals surface area contributed by atoms with E-state index in [9.17, 15) is 18.0 Å². The molecule has 0 bridgehead atoms. The number of benzene rings is 3. The maximum absolute atomic E-state index is 13.3. The van der Waals surface area contributed by atoms with Crippen LogP contribution in [0.2, 0.25) is 0 Å². The van der Waals surface area contributed by atoms with Crippen LogP contribution in [0.3, 0.4) is 0 Å². The van der Waals surface area contributed by atoms with Gasteiger partial charge in [0.1, 0.15) is 0 Å². The lowest BCUT2D eigenvalue weighted by Gasteiger charge is -2.10. The molecule has 3 aromatic carbocycles. The van der Waals surface area contributed by atoms with Crippen LogP contribution < -0.4 is 10.1 Å². The van der Waals surface area contributed by atoms with E-state index in [2.05, 4.69) is 31.3 Å². The van der Waals surface area contributed by atoms with E-state index >= 15 is 0 Å². The van der Waals surface area contributed by atoms with Crippen LogP contribution in [0, 0.1) is 5.92 Å². The molecule has 0 unspecified atom stereocenters. The summed E-state index contributed by atoms with van der Waals surface area (Å²) in [5.41, 5.74) is 1.02. The highest BCUT2D eigenvalue weighted by atomic mass is 79.9. The van der Waals surface area contributed by atoms with Crippen LogP contribution in [0.4, 0.5) is 18.9 Å². The van der Waals surface area contributed by atoms with Crippen LogP contribution in [0.15, 0.2) is 77.3 Å². The molecule has 0 radical (unpaired) electrons. The number of hydrogen-bond acceptors (Lipinski definition) is 4. The summed E-state index contributed by atoms with van der Waals surface area (Å²) >= 11 is 3.35. The minimum atomic E-state index is -4.49. The zero-order valence-corrected chi connectivity index (χ0v) is 21.0. The molecular weight excluding hydrogens is 537 g/mol. The molecule has 4 aromatic rings. The molecule has 0 aliphatic heterocycles. The van der Waals surface area contributed by atoms with Crippen molar-refractivity contribution in [3.63, 3.8) is 0 Å². The van der Waals surface area contributed by atoms with E-state index in [-0.39, 0.29) is 29.2 Å². The standard InChI is InChI=1S/C26H22BrF3N4O2/c1-16(2)15-36-25-32-23(17-5-3-7-19(13-17)26(28,29)30)34(33-25)22-11-9-21(10-12-22)31-24(35)18-6-4-8-20(27)14-18/h3-14,16H,15H2,1-2H3,(H,31,35). The Morgan fingerprint density at radius 2 is 1.78 bits per heavy atom. The number of carbonyl (C=O) groups excluding carboxylic acids is 1. The van der Waals surface area contributed by atoms with Gasteiger partial charge >= 0.3 is 12.2 Å². The monoisotopic (exact) mass is 558 g/mol. The third-order valence-corrected chi connectivity index (χ3v) is 5.53. The summed E-state index contributed by atoms with van der Waals surface area (Å²) in [7, 11) is 0. The molecule has 0 atom stereocenters. The lowest BCUT2D eigenvalue weighted by Crippen LogP contribution is -2.12. The highest BCUT2D eigenvalue weighted by Crippen LogP contribution is 2.33. The van der Waals surface area contributed by atoms with Crippen molar-refractivity contribution < 1.29 is 22.7 Å². The number of hydrogen-bond donors (Lipinski definition) is 1. The van der Waals surface area contributed by atoms with Crippen molar-refractivity contribution in [2.45, 2.75) is 20.0 Å². The number of carbonyl (C=O) groups is 1. The zero-order valence-electron chi connectivity index (χ0n) is 19.4. The molecule has 1 heterocycles. The number of amides is 1. The first-order valence-corrected chi connectivity index (χ1v) is 11.8. The Morgan fingerprint density at radius 1 is 1.06 bits per heavy atom. The SMILES string of the molecule is CC(C)COc1nc(-c2cccc(C(F)(F)F)c2)n(-c2ccc(NC(=O)c3cccc(Br)c3)cc2)n1. The van der Waals surface area contributed by atoms with E-state index in [1.165, 1.54) is 16.8 Å². The van der Waals surface area contributed by atoms with E-state index in [1.807, 2.05) is 19.9 Å². The number of rotatable bonds is 7. The first kappa shape index (κ1) is 25.4. The van der Waals surface area contributed by atoms with Crippen molar-refractivity contribution in [2.75, 3.05) is 11.9 Å². The van der Waals surface area contributed by atoms with Gasteiger partial charge in [-0.3, -0.25) is 4.79 Å². The summed E-state index contributed by atoms with van der Waals surface area (Å²) in [4.78, 5) is 16.9. The lowest BCUT2D eigenvalue weighted by atomic mass is 10.1. The third-order valence-electron chi connectivity index (χ3n) is 5.04. The van der Waals surface area contributed by atoms with Crippen LogP contribution >= 0.6 is 15.9 Å². The fourth-order valence-corrected chi connectivity index (χ4v) is 3.72. The van der Waals surface area contributed by atoms with Gasteiger partial charge in [-0.25, -0.2) is 4.68 Å². The van der Waals surface area contributed by atoms with Crippen LogP contribution in [-0.4, -0.2) is 27.3 Å². The van der Waals surface area contributed by atoms with Crippen LogP contribution in [0.25, 0.3) is 17.1 Å². The fraction of sp³-hybridized carbons (Fsp3) is 0.192. The van der Waals surface area contributed by atoms with E-state index in [0.717, 1.165) is 16.6 Å². The van der Waals surface area contributed by atoms with Crippen LogP contribution in [-0.2, 0) is 6.18 Å². The van der Waals surface area contributed by atoms with Gasteiger partial charge in [0.2, 0.25) is 0 Å². The van der Waals surface area contributed by atoms with E-state index in [1.54, 1.807) is 42.5 Å². The second-order valence-electron chi connectivity index (χ2n) is 8.42. The molecule has 1 amide bonds. The van der Waals surface area contributed by atoms with Crippen LogP contribution in [0.5, 0.6) is 6.01 Å². The Balaban J connectivity index is 1.65. The molecule has 10 heteroatoms. The van der Waals surface area contributed by atoms with Gasteiger partial charge in [0, 0.05) is 21.3 Å². The average Bonchev–Trinajstić information content (AvgIpc) is 3.27. The molecule has 6 nitrogen and oxygen atoms in total. The first-order valence-electron chi connectivity index (χ1n) is 11.0. The van der Waals surface area contributed by atoms with Crippen molar-refractivity contribution >= 4 is 27.5 Å². The minimum Gasteiger partial charge on any atom is -0.462 e. The Hall–Kier alpha value is -3.66. The Labute approximate surface area is 214 Å². The summed E-state index contributed by atoms with van der Waals surface area (Å²) in [6.45, 7) is 4.28. The molecular formula is C26H22BrF3N4O2. The molecule has 0 saturated carbocycles. The normalized spacial score (nSPS) is 11.5. The van der Waals surface area contributed by atoms with E-state index < -0.39 is 11.7 Å². The van der Waals surface area contributed by atoms with Gasteiger partial charge in [0.15, 0.2) is 5.82 Å². The Morgan fingerprint density at radius 3 is 2.44 bits per heavy atom. The van der Waals surface area contributed by atoms with Gasteiger partial charge in [0.05, 0.1) is 17.9 Å². The molecule has 0 fully saturated rings. The smallest absolute Gasteiger partial charge is 0.416 e. The molecule has 36 heavy (non-hydrogen) atoms. The molecule has 0 aliphatic carbocycles. The number of halogens is 4. The van der Waals surface area contributed by atoms with Gasteiger partial charge in [-0.2, -0.15) is 18.2 Å². The van der Waals surface area contributed by atoms with Gasteiger partial charge in [-0.15, -0.1) is 5.10 Å². The first-order chi connectivity index (χ1) is 17.1. The van der Waals surface area contributed by atoms with Crippen molar-refractivity contribution in [2.24, 2.45) is 5.92 Å². The summed E-state index contributed by atoms with van der Waals surface area (Å²) in [5.74, 6) is 0.131. The number of nitrogens with zero attached hydrogens (tertiary/aromatic N) is 3. The topological polar surface area (TPSA) is 69.0 Å². The molecule has 1 N–H and O–H groups in total. The van der Waals surface area contributed by atoms with E-state index in [4.69, 9.17) is 4.74 Å². The quantitative estimate of drug-likeness (QED) is 0.265. The number of ether oxygens (including phenoxy) is 1. The van der Waals surface area contributed by atoms with Gasteiger partial charge in [-0.1, -0.05) is 48.0 Å². The minimum absolute atomic E-state index is 0.0585. The van der Waals surface area contributed by atoms with Crippen molar-refractivity contribution in [1.82, 2.24) is 14.8 Å². The predicted octanol–water partition coefficient (Wildman–Crippen LogP) is 7.00. The predicted molar refractivity (Wildman–Crippen MR) is 134 cm³/mol. The summed E-state index contributed by atoms with van der Waals surface area (Å²) in [6.07, 6.45) is -4.49. The largest absolute Gasteiger partial charge is 0.462 e. The molecule has 186 valence electrons. The Bertz CT molecular complexity index is 1370. The van der Waals surface area contributed by atoms with Crippen molar-refractivity contribution in [1.29, 1.82) is 0 Å². The van der Waals surface area contributed by atoms with Gasteiger partial charge < -0.3 is 10.1 Å². The Kier molecular flexibility index (Phi) is 7.44. The zero-order chi connectivity index (χ0) is 25.9. The number of alkyl halides is 3. The highest BCUT2D eigenvalue weighted by Gasteiger charge is 2.31. The number of nitrogens with one attached hydrogen (secondary N) is 1. The van der Waals surface area contributed by atoms with Gasteiger partial charge in [-0.05, 0) is 60.5 Å². The molecule has 4 rings (SSSR count). The second-order valence-corrected chi connectivity index (χ2v) is 9.34.